The molecule has 0 aliphatic rings. The lowest BCUT2D eigenvalue weighted by Crippen LogP contribution is -2.38. The van der Waals surface area contributed by atoms with E-state index in [1.807, 2.05) is 45.0 Å². The van der Waals surface area contributed by atoms with E-state index < -0.39 is 15.9 Å². The molecule has 0 radical (unpaired) electrons. The molecule has 29 heavy (non-hydrogen) atoms. The number of hydrogen-bond donors (Lipinski definition) is 1. The number of para-hydroxylation sites is 1. The van der Waals surface area contributed by atoms with Gasteiger partial charge in [-0.15, -0.1) is 0 Å². The number of carbonyl (C=O) groups is 1. The van der Waals surface area contributed by atoms with Crippen LogP contribution in [0.5, 0.6) is 0 Å². The number of benzene rings is 3. The molecule has 0 heterocycles. The average Bonchev–Trinajstić information content (AvgIpc) is 2.71. The zero-order chi connectivity index (χ0) is 21.0. The minimum absolute atomic E-state index is 0.143. The molecule has 0 aliphatic heterocycles. The fourth-order valence-electron chi connectivity index (χ4n) is 3.06. The van der Waals surface area contributed by atoms with Crippen molar-refractivity contribution in [2.45, 2.75) is 25.7 Å². The average molecular weight is 409 g/mol. The van der Waals surface area contributed by atoms with Gasteiger partial charge in [0.15, 0.2) is 0 Å². The largest absolute Gasteiger partial charge is 0.324 e. The van der Waals surface area contributed by atoms with E-state index in [9.17, 15) is 13.2 Å². The highest BCUT2D eigenvalue weighted by atomic mass is 32.2. The molecule has 0 bridgehead atoms. The first-order chi connectivity index (χ1) is 13.8. The van der Waals surface area contributed by atoms with Crippen LogP contribution in [0.25, 0.3) is 0 Å². The first kappa shape index (κ1) is 20.6. The van der Waals surface area contributed by atoms with Gasteiger partial charge >= 0.3 is 0 Å². The van der Waals surface area contributed by atoms with Gasteiger partial charge in [0.2, 0.25) is 5.91 Å². The Labute approximate surface area is 172 Å². The zero-order valence-corrected chi connectivity index (χ0v) is 17.5. The number of nitrogens with zero attached hydrogens (tertiary/aromatic N) is 1. The van der Waals surface area contributed by atoms with Crippen LogP contribution in [-0.2, 0) is 14.8 Å². The summed E-state index contributed by atoms with van der Waals surface area (Å²) in [5.41, 5.74) is 3.83. The lowest BCUT2D eigenvalue weighted by Gasteiger charge is -2.26. The van der Waals surface area contributed by atoms with E-state index in [1.165, 1.54) is 16.4 Å². The van der Waals surface area contributed by atoms with E-state index in [2.05, 4.69) is 5.32 Å². The van der Waals surface area contributed by atoms with E-state index in [4.69, 9.17) is 0 Å². The van der Waals surface area contributed by atoms with Crippen LogP contribution in [0, 0.1) is 20.8 Å². The Hall–Kier alpha value is -3.12. The standard InChI is InChI=1S/C23H24N2O3S/c1-17-11-9-15-22(19(17)3)25(29(27,28)20-12-5-4-6-13-20)16-23(26)24-21-14-8-7-10-18(21)2/h4-15H,16H2,1-3H3,(H,24,26). The third kappa shape index (κ3) is 4.49. The van der Waals surface area contributed by atoms with Gasteiger partial charge in [-0.3, -0.25) is 9.10 Å². The highest BCUT2D eigenvalue weighted by molar-refractivity contribution is 7.92. The normalized spacial score (nSPS) is 11.1. The van der Waals surface area contributed by atoms with Crippen molar-refractivity contribution in [3.8, 4) is 0 Å². The fraction of sp³-hybridized carbons (Fsp3) is 0.174. The van der Waals surface area contributed by atoms with Gasteiger partial charge in [0.05, 0.1) is 10.6 Å². The van der Waals surface area contributed by atoms with E-state index in [0.717, 1.165) is 16.7 Å². The van der Waals surface area contributed by atoms with Gasteiger partial charge in [0.25, 0.3) is 10.0 Å². The second-order valence-electron chi connectivity index (χ2n) is 6.91. The van der Waals surface area contributed by atoms with Crippen LogP contribution in [0.15, 0.2) is 77.7 Å². The van der Waals surface area contributed by atoms with E-state index >= 15 is 0 Å². The van der Waals surface area contributed by atoms with Crippen LogP contribution in [0.1, 0.15) is 16.7 Å². The Kier molecular flexibility index (Phi) is 6.03. The number of hydrogen-bond acceptors (Lipinski definition) is 3. The minimum atomic E-state index is -3.92. The molecule has 1 N–H and O–H groups in total. The molecule has 0 spiro atoms. The molecule has 0 aromatic heterocycles. The van der Waals surface area contributed by atoms with Crippen molar-refractivity contribution in [2.24, 2.45) is 0 Å². The van der Waals surface area contributed by atoms with E-state index in [-0.39, 0.29) is 11.4 Å². The quantitative estimate of drug-likeness (QED) is 0.655. The van der Waals surface area contributed by atoms with E-state index in [1.54, 1.807) is 36.4 Å². The summed E-state index contributed by atoms with van der Waals surface area (Å²) >= 11 is 0. The highest BCUT2D eigenvalue weighted by Gasteiger charge is 2.28. The van der Waals surface area contributed by atoms with Crippen molar-refractivity contribution in [1.29, 1.82) is 0 Å². The van der Waals surface area contributed by atoms with Gasteiger partial charge in [-0.05, 0) is 61.7 Å². The van der Waals surface area contributed by atoms with Crippen molar-refractivity contribution < 1.29 is 13.2 Å². The van der Waals surface area contributed by atoms with Crippen molar-refractivity contribution in [2.75, 3.05) is 16.2 Å². The maximum atomic E-state index is 13.4. The van der Waals surface area contributed by atoms with E-state index in [0.29, 0.717) is 11.4 Å². The molecule has 150 valence electrons. The smallest absolute Gasteiger partial charge is 0.264 e. The van der Waals surface area contributed by atoms with Crippen LogP contribution in [0.2, 0.25) is 0 Å². The van der Waals surface area contributed by atoms with Crippen LogP contribution >= 0.6 is 0 Å². The molecule has 3 rings (SSSR count). The molecule has 1 amide bonds. The third-order valence-electron chi connectivity index (χ3n) is 4.88. The maximum Gasteiger partial charge on any atom is 0.264 e. The Morgan fingerprint density at radius 1 is 0.828 bits per heavy atom. The predicted octanol–water partition coefficient (Wildman–Crippen LogP) is 4.45. The van der Waals surface area contributed by atoms with Crippen LogP contribution < -0.4 is 9.62 Å². The first-order valence-corrected chi connectivity index (χ1v) is 10.7. The van der Waals surface area contributed by atoms with Gasteiger partial charge < -0.3 is 5.32 Å². The lowest BCUT2D eigenvalue weighted by molar-refractivity contribution is -0.114. The SMILES string of the molecule is Cc1ccccc1NC(=O)CN(c1cccc(C)c1C)S(=O)(=O)c1ccccc1. The second-order valence-corrected chi connectivity index (χ2v) is 8.77. The Bertz CT molecular complexity index is 1130. The van der Waals surface area contributed by atoms with Crippen LogP contribution in [-0.4, -0.2) is 20.9 Å². The van der Waals surface area contributed by atoms with Crippen molar-refractivity contribution in [3.63, 3.8) is 0 Å². The van der Waals surface area contributed by atoms with Gasteiger partial charge in [-0.2, -0.15) is 0 Å². The number of anilines is 2. The molecule has 0 fully saturated rings. The Morgan fingerprint density at radius 2 is 1.45 bits per heavy atom. The molecule has 0 atom stereocenters. The first-order valence-electron chi connectivity index (χ1n) is 9.30. The number of aryl methyl sites for hydroxylation is 2. The monoisotopic (exact) mass is 408 g/mol. The molecule has 0 unspecified atom stereocenters. The van der Waals surface area contributed by atoms with Crippen molar-refractivity contribution in [1.82, 2.24) is 0 Å². The summed E-state index contributed by atoms with van der Waals surface area (Å²) in [6.45, 7) is 5.34. The topological polar surface area (TPSA) is 66.5 Å². The molecule has 0 saturated heterocycles. The molecule has 3 aromatic carbocycles. The summed E-state index contributed by atoms with van der Waals surface area (Å²) < 4.78 is 28.0. The second kappa shape index (κ2) is 8.49. The van der Waals surface area contributed by atoms with Gasteiger partial charge in [0.1, 0.15) is 6.54 Å². The number of carbonyl (C=O) groups excluding carboxylic acids is 1. The molecular weight excluding hydrogens is 384 g/mol. The number of sulfonamides is 1. The van der Waals surface area contributed by atoms with Gasteiger partial charge in [-0.1, -0.05) is 48.5 Å². The third-order valence-corrected chi connectivity index (χ3v) is 6.66. The lowest BCUT2D eigenvalue weighted by atomic mass is 10.1. The van der Waals surface area contributed by atoms with Crippen molar-refractivity contribution >= 4 is 27.3 Å². The van der Waals surface area contributed by atoms with Gasteiger partial charge in [-0.25, -0.2) is 8.42 Å². The summed E-state index contributed by atoms with van der Waals surface area (Å²) in [4.78, 5) is 12.9. The maximum absolute atomic E-state index is 13.4. The Morgan fingerprint density at radius 3 is 2.14 bits per heavy atom. The zero-order valence-electron chi connectivity index (χ0n) is 16.7. The molecule has 5 nitrogen and oxygen atoms in total. The highest BCUT2D eigenvalue weighted by Crippen LogP contribution is 2.28. The predicted molar refractivity (Wildman–Crippen MR) is 117 cm³/mol. The van der Waals surface area contributed by atoms with Crippen LogP contribution in [0.4, 0.5) is 11.4 Å². The molecular formula is C23H24N2O3S. The minimum Gasteiger partial charge on any atom is -0.324 e. The number of nitrogens with one attached hydrogen (secondary N) is 1. The summed E-state index contributed by atoms with van der Waals surface area (Å²) in [6.07, 6.45) is 0. The number of rotatable bonds is 6. The summed E-state index contributed by atoms with van der Waals surface area (Å²) in [5.74, 6) is -0.403. The van der Waals surface area contributed by atoms with Crippen LogP contribution in [0.3, 0.4) is 0 Å². The van der Waals surface area contributed by atoms with Gasteiger partial charge in [0, 0.05) is 5.69 Å². The number of amides is 1. The molecule has 0 saturated carbocycles. The summed E-state index contributed by atoms with van der Waals surface area (Å²) in [7, 11) is -3.92. The Balaban J connectivity index is 2.01. The summed E-state index contributed by atoms with van der Waals surface area (Å²) in [5, 5.41) is 2.82. The van der Waals surface area contributed by atoms with Crippen molar-refractivity contribution in [3.05, 3.63) is 89.5 Å². The molecule has 0 aliphatic carbocycles. The fourth-order valence-corrected chi connectivity index (χ4v) is 4.56. The molecule has 6 heteroatoms. The molecule has 3 aromatic rings. The summed E-state index contributed by atoms with van der Waals surface area (Å²) in [6, 6.07) is 21.0.